The number of benzene rings is 2. The standard InChI is InChI=1S/C17H15FO5/c1-21-12-5-4-6-13(11-12)22-16(19)9-10-17(20)23-15-8-3-2-7-14(15)18/h2-8,11H,9-10H2,1H3. The van der Waals surface area contributed by atoms with E-state index in [1.54, 1.807) is 30.3 Å². The van der Waals surface area contributed by atoms with Crippen molar-refractivity contribution in [2.45, 2.75) is 12.8 Å². The van der Waals surface area contributed by atoms with Gasteiger partial charge in [-0.15, -0.1) is 0 Å². The highest BCUT2D eigenvalue weighted by atomic mass is 19.1. The van der Waals surface area contributed by atoms with Crippen LogP contribution in [0.2, 0.25) is 0 Å². The molecule has 23 heavy (non-hydrogen) atoms. The van der Waals surface area contributed by atoms with Crippen molar-refractivity contribution in [3.8, 4) is 17.2 Å². The number of ether oxygens (including phenoxy) is 3. The summed E-state index contributed by atoms with van der Waals surface area (Å²) in [5, 5.41) is 0. The minimum atomic E-state index is -0.710. The number of carbonyl (C=O) groups excluding carboxylic acids is 2. The predicted octanol–water partition coefficient (Wildman–Crippen LogP) is 3.13. The normalized spacial score (nSPS) is 10.0. The second kappa shape index (κ2) is 7.93. The number of esters is 2. The predicted molar refractivity (Wildman–Crippen MR) is 79.9 cm³/mol. The summed E-state index contributed by atoms with van der Waals surface area (Å²) in [5.41, 5.74) is 0. The molecule has 0 atom stereocenters. The van der Waals surface area contributed by atoms with Gasteiger partial charge >= 0.3 is 11.9 Å². The van der Waals surface area contributed by atoms with Crippen LogP contribution in [0.15, 0.2) is 48.5 Å². The molecule has 0 bridgehead atoms. The molecule has 6 heteroatoms. The first-order valence-electron chi connectivity index (χ1n) is 6.88. The van der Waals surface area contributed by atoms with Crippen LogP contribution < -0.4 is 14.2 Å². The fraction of sp³-hybridized carbons (Fsp3) is 0.176. The van der Waals surface area contributed by atoms with Crippen molar-refractivity contribution in [3.05, 3.63) is 54.3 Å². The zero-order valence-corrected chi connectivity index (χ0v) is 12.5. The molecule has 0 aliphatic heterocycles. The molecule has 0 fully saturated rings. The molecule has 0 saturated heterocycles. The molecule has 0 heterocycles. The van der Waals surface area contributed by atoms with Gasteiger partial charge in [-0.25, -0.2) is 4.39 Å². The average molecular weight is 318 g/mol. The van der Waals surface area contributed by atoms with E-state index >= 15 is 0 Å². The van der Waals surface area contributed by atoms with Crippen LogP contribution in [0.25, 0.3) is 0 Å². The molecular weight excluding hydrogens is 303 g/mol. The molecule has 5 nitrogen and oxygen atoms in total. The SMILES string of the molecule is COc1cccc(OC(=O)CCC(=O)Oc2ccccc2F)c1. The van der Waals surface area contributed by atoms with Gasteiger partial charge in [-0.1, -0.05) is 18.2 Å². The zero-order chi connectivity index (χ0) is 16.7. The summed E-state index contributed by atoms with van der Waals surface area (Å²) in [6.45, 7) is 0. The van der Waals surface area contributed by atoms with Gasteiger partial charge in [0.2, 0.25) is 0 Å². The first kappa shape index (κ1) is 16.5. The van der Waals surface area contributed by atoms with Gasteiger partial charge in [-0.3, -0.25) is 9.59 Å². The van der Waals surface area contributed by atoms with Gasteiger partial charge < -0.3 is 14.2 Å². The van der Waals surface area contributed by atoms with Crippen LogP contribution in [-0.4, -0.2) is 19.0 Å². The Balaban J connectivity index is 1.82. The van der Waals surface area contributed by atoms with Crippen molar-refractivity contribution in [1.29, 1.82) is 0 Å². The third kappa shape index (κ3) is 5.10. The van der Waals surface area contributed by atoms with E-state index < -0.39 is 17.8 Å². The molecule has 0 amide bonds. The van der Waals surface area contributed by atoms with Crippen molar-refractivity contribution in [2.24, 2.45) is 0 Å². The molecule has 2 rings (SSSR count). The fourth-order valence-corrected chi connectivity index (χ4v) is 1.75. The highest BCUT2D eigenvalue weighted by Gasteiger charge is 2.13. The molecule has 0 radical (unpaired) electrons. The van der Waals surface area contributed by atoms with Crippen LogP contribution in [0.5, 0.6) is 17.2 Å². The van der Waals surface area contributed by atoms with Gasteiger partial charge in [0.1, 0.15) is 11.5 Å². The third-order valence-electron chi connectivity index (χ3n) is 2.87. The summed E-state index contributed by atoms with van der Waals surface area (Å²) < 4.78 is 28.3. The van der Waals surface area contributed by atoms with E-state index in [-0.39, 0.29) is 18.6 Å². The summed E-state index contributed by atoms with van der Waals surface area (Å²) in [7, 11) is 1.50. The first-order chi connectivity index (χ1) is 11.1. The lowest BCUT2D eigenvalue weighted by atomic mass is 10.3. The molecular formula is C17H15FO5. The van der Waals surface area contributed by atoms with Crippen molar-refractivity contribution in [1.82, 2.24) is 0 Å². The summed E-state index contributed by atoms with van der Waals surface area (Å²) in [6, 6.07) is 12.1. The third-order valence-corrected chi connectivity index (χ3v) is 2.87. The number of carbonyl (C=O) groups is 2. The second-order valence-electron chi connectivity index (χ2n) is 4.56. The van der Waals surface area contributed by atoms with Crippen molar-refractivity contribution >= 4 is 11.9 Å². The van der Waals surface area contributed by atoms with E-state index in [4.69, 9.17) is 14.2 Å². The van der Waals surface area contributed by atoms with E-state index in [2.05, 4.69) is 0 Å². The van der Waals surface area contributed by atoms with Gasteiger partial charge in [-0.05, 0) is 24.3 Å². The van der Waals surface area contributed by atoms with Gasteiger partial charge in [0.25, 0.3) is 0 Å². The molecule has 0 unspecified atom stereocenters. The Hall–Kier alpha value is -2.89. The topological polar surface area (TPSA) is 61.8 Å². The molecule has 0 aromatic heterocycles. The van der Waals surface area contributed by atoms with E-state index in [0.717, 1.165) is 0 Å². The van der Waals surface area contributed by atoms with Crippen LogP contribution in [0, 0.1) is 5.82 Å². The van der Waals surface area contributed by atoms with E-state index in [1.165, 1.54) is 25.3 Å². The fourth-order valence-electron chi connectivity index (χ4n) is 1.75. The molecule has 0 aliphatic rings. The minimum absolute atomic E-state index is 0.168. The monoisotopic (exact) mass is 318 g/mol. The Morgan fingerprint density at radius 1 is 0.913 bits per heavy atom. The number of hydrogen-bond donors (Lipinski definition) is 0. The Bertz CT molecular complexity index is 699. The number of para-hydroxylation sites is 1. The van der Waals surface area contributed by atoms with Crippen LogP contribution in [-0.2, 0) is 9.59 Å². The highest BCUT2D eigenvalue weighted by Crippen LogP contribution is 2.20. The zero-order valence-electron chi connectivity index (χ0n) is 12.5. The van der Waals surface area contributed by atoms with Crippen LogP contribution in [0.3, 0.4) is 0 Å². The summed E-state index contributed by atoms with van der Waals surface area (Å²) in [4.78, 5) is 23.3. The molecule has 0 saturated carbocycles. The van der Waals surface area contributed by atoms with Crippen LogP contribution >= 0.6 is 0 Å². The van der Waals surface area contributed by atoms with E-state index in [9.17, 15) is 14.0 Å². The maximum atomic E-state index is 13.3. The highest BCUT2D eigenvalue weighted by molar-refractivity contribution is 5.80. The molecule has 2 aromatic carbocycles. The van der Waals surface area contributed by atoms with Crippen LogP contribution in [0.4, 0.5) is 4.39 Å². The van der Waals surface area contributed by atoms with Crippen molar-refractivity contribution in [3.63, 3.8) is 0 Å². The average Bonchev–Trinajstić information content (AvgIpc) is 2.55. The summed E-state index contributed by atoms with van der Waals surface area (Å²) >= 11 is 0. The summed E-state index contributed by atoms with van der Waals surface area (Å²) in [6.07, 6.45) is -0.387. The van der Waals surface area contributed by atoms with Gasteiger partial charge in [0, 0.05) is 6.07 Å². The number of methoxy groups -OCH3 is 1. The van der Waals surface area contributed by atoms with Crippen LogP contribution in [0.1, 0.15) is 12.8 Å². The quantitative estimate of drug-likeness (QED) is 0.605. The minimum Gasteiger partial charge on any atom is -0.497 e. The number of halogens is 1. The smallest absolute Gasteiger partial charge is 0.311 e. The lowest BCUT2D eigenvalue weighted by Gasteiger charge is -2.07. The molecule has 2 aromatic rings. The van der Waals surface area contributed by atoms with Gasteiger partial charge in [0.15, 0.2) is 11.6 Å². The molecule has 0 spiro atoms. The Labute approximate surface area is 132 Å². The largest absolute Gasteiger partial charge is 0.497 e. The summed E-state index contributed by atoms with van der Waals surface area (Å²) in [5.74, 6) is -1.24. The number of rotatable bonds is 6. The van der Waals surface area contributed by atoms with Gasteiger partial charge in [-0.2, -0.15) is 0 Å². The maximum Gasteiger partial charge on any atom is 0.311 e. The van der Waals surface area contributed by atoms with E-state index in [0.29, 0.717) is 11.5 Å². The maximum absolute atomic E-state index is 13.3. The van der Waals surface area contributed by atoms with E-state index in [1.807, 2.05) is 0 Å². The van der Waals surface area contributed by atoms with Gasteiger partial charge in [0.05, 0.1) is 20.0 Å². The Morgan fingerprint density at radius 2 is 1.57 bits per heavy atom. The molecule has 0 N–H and O–H groups in total. The lowest BCUT2D eigenvalue weighted by Crippen LogP contribution is -2.14. The molecule has 0 aliphatic carbocycles. The second-order valence-corrected chi connectivity index (χ2v) is 4.56. The molecule has 120 valence electrons. The number of hydrogen-bond acceptors (Lipinski definition) is 5. The van der Waals surface area contributed by atoms with Crippen molar-refractivity contribution in [2.75, 3.05) is 7.11 Å². The van der Waals surface area contributed by atoms with Crippen molar-refractivity contribution < 1.29 is 28.2 Å². The Morgan fingerprint density at radius 3 is 2.26 bits per heavy atom. The first-order valence-corrected chi connectivity index (χ1v) is 6.88. The Kier molecular flexibility index (Phi) is 5.68. The lowest BCUT2D eigenvalue weighted by molar-refractivity contribution is -0.140.